The standard InChI is InChI=1S/C58H59ClF3N11O7/c1-29(2)53(57(77)72-24-38(75)18-48(72)56(76)65-47(26-74)35-15-13-33(14-16-35)39-7-6-8-43(60)51(39)62)73-25-46(69-70-73)34-11-9-32(10-12-34)28-79-54-50(49-31(4)44(61)20-45-41(49)22-64-68-45)42(59)19-40-52(54)66-58(80-27-30(3)78-5)67-55(40)71-23-36-17-37(71)21-63-36/h6-16,19-20,22,25,29-30,36-38,47-48,53,63,74-75H,17-18,21,23-24,26-28H2,1-5H3,(H,64,68)(H,65,76)/t30-,36-,37-,38+,47-,48-,53-/m0/s1. The number of amides is 2. The van der Waals surface area contributed by atoms with Crippen LogP contribution >= 0.6 is 11.6 Å². The highest BCUT2D eigenvalue weighted by Gasteiger charge is 2.44. The number of carbonyl (C=O) groups excluding carboxylic acids is 2. The number of aliphatic hydroxyl groups excluding tert-OH is 2. The summed E-state index contributed by atoms with van der Waals surface area (Å²) in [4.78, 5) is 42.0. The monoisotopic (exact) mass is 1110 g/mol. The Labute approximate surface area is 463 Å². The molecule has 7 atom stereocenters. The van der Waals surface area contributed by atoms with Crippen LogP contribution in [0.5, 0.6) is 11.8 Å². The van der Waals surface area contributed by atoms with Gasteiger partial charge in [0, 0.05) is 78.3 Å². The van der Waals surface area contributed by atoms with Crippen molar-refractivity contribution in [2.75, 3.05) is 44.9 Å². The second-order valence-corrected chi connectivity index (χ2v) is 21.5. The van der Waals surface area contributed by atoms with Crippen molar-refractivity contribution in [3.8, 4) is 45.3 Å². The lowest BCUT2D eigenvalue weighted by Crippen LogP contribution is -2.50. The Morgan fingerprint density at radius 3 is 2.41 bits per heavy atom. The molecule has 0 saturated carbocycles. The van der Waals surface area contributed by atoms with Crippen LogP contribution in [0.1, 0.15) is 62.4 Å². The SMILES string of the molecule is CO[C@@H](C)COc1nc(N2C[C@@H]3C[C@H]2CN3)c2cc(Cl)c(-c3c(C)c(F)cc4[nH]ncc34)c(OCc3ccc(-c4cn([C@H](C(=O)N5C[C@H](O)C[C@H]5C(=O)N[C@@H](CO)c5ccc(-c6cccc(F)c6F)cc5)C(C)C)nn4)cc3)c2n1. The summed E-state index contributed by atoms with van der Waals surface area (Å²) < 4.78 is 64.3. The van der Waals surface area contributed by atoms with Crippen molar-refractivity contribution in [3.05, 3.63) is 130 Å². The molecule has 3 fully saturated rings. The molecule has 80 heavy (non-hydrogen) atoms. The fourth-order valence-corrected chi connectivity index (χ4v) is 11.5. The number of benzene rings is 5. The lowest BCUT2D eigenvalue weighted by molar-refractivity contribution is -0.142. The molecule has 0 radical (unpaired) electrons. The van der Waals surface area contributed by atoms with Crippen LogP contribution in [0.4, 0.5) is 19.0 Å². The smallest absolute Gasteiger partial charge is 0.319 e. The number of β-amino-alcohol motifs (C(OH)–C–C–N with tert-alkyl or cyclic N) is 1. The Hall–Kier alpha value is -7.69. The van der Waals surface area contributed by atoms with Gasteiger partial charge >= 0.3 is 6.01 Å². The summed E-state index contributed by atoms with van der Waals surface area (Å²) in [5, 5.41) is 45.2. The van der Waals surface area contributed by atoms with Gasteiger partial charge < -0.3 is 44.9 Å². The number of piperazine rings is 1. The summed E-state index contributed by atoms with van der Waals surface area (Å²) in [6.45, 7) is 8.36. The predicted molar refractivity (Wildman–Crippen MR) is 293 cm³/mol. The number of halogens is 4. The summed E-state index contributed by atoms with van der Waals surface area (Å²) >= 11 is 7.36. The molecule has 3 aliphatic heterocycles. The van der Waals surface area contributed by atoms with Crippen LogP contribution in [-0.2, 0) is 20.9 Å². The maximum Gasteiger partial charge on any atom is 0.319 e. The second kappa shape index (κ2) is 22.4. The molecule has 3 saturated heterocycles. The van der Waals surface area contributed by atoms with E-state index in [-0.39, 0.29) is 55.8 Å². The highest BCUT2D eigenvalue weighted by atomic mass is 35.5. The number of hydrogen-bond acceptors (Lipinski definition) is 14. The molecule has 18 nitrogen and oxygen atoms in total. The van der Waals surface area contributed by atoms with Crippen LogP contribution in [0, 0.1) is 30.3 Å². The van der Waals surface area contributed by atoms with E-state index in [1.807, 2.05) is 51.1 Å². The van der Waals surface area contributed by atoms with Gasteiger partial charge in [-0.15, -0.1) is 5.10 Å². The highest BCUT2D eigenvalue weighted by Crippen LogP contribution is 2.49. The Balaban J connectivity index is 0.848. The molecule has 3 aliphatic rings. The number of H-pyrrole nitrogens is 1. The second-order valence-electron chi connectivity index (χ2n) is 21.1. The number of nitrogens with zero attached hydrogens (tertiary/aromatic N) is 8. The molecular weight excluding hydrogens is 1060 g/mol. The average Bonchev–Trinajstić information content (AvgIpc) is 4.02. The average molecular weight is 1110 g/mol. The number of anilines is 1. The minimum atomic E-state index is -1.08. The summed E-state index contributed by atoms with van der Waals surface area (Å²) in [5.41, 5.74) is 4.99. The third-order valence-electron chi connectivity index (χ3n) is 15.5. The van der Waals surface area contributed by atoms with Gasteiger partial charge in [-0.2, -0.15) is 15.1 Å². The van der Waals surface area contributed by atoms with Gasteiger partial charge in [0.15, 0.2) is 17.4 Å². The van der Waals surface area contributed by atoms with Crippen molar-refractivity contribution in [2.45, 2.75) is 89.6 Å². The molecule has 8 aromatic rings. The Kier molecular flexibility index (Phi) is 15.2. The van der Waals surface area contributed by atoms with Gasteiger partial charge in [-0.1, -0.05) is 91.3 Å². The fraction of sp³-hybridized carbons (Fsp3) is 0.362. The van der Waals surface area contributed by atoms with Crippen molar-refractivity contribution in [2.24, 2.45) is 5.92 Å². The molecule has 11 rings (SSSR count). The van der Waals surface area contributed by atoms with Gasteiger partial charge in [0.1, 0.15) is 48.1 Å². The molecule has 6 heterocycles. The number of aromatic amines is 1. The fourth-order valence-electron chi connectivity index (χ4n) is 11.2. The first kappa shape index (κ1) is 54.3. The normalized spacial score (nSPS) is 19.1. The number of aromatic nitrogens is 7. The van der Waals surface area contributed by atoms with E-state index >= 15 is 4.39 Å². The van der Waals surface area contributed by atoms with Crippen LogP contribution in [-0.4, -0.2) is 132 Å². The third-order valence-corrected chi connectivity index (χ3v) is 15.8. The van der Waals surface area contributed by atoms with Gasteiger partial charge in [0.2, 0.25) is 11.8 Å². The zero-order valence-corrected chi connectivity index (χ0v) is 45.2. The van der Waals surface area contributed by atoms with E-state index in [0.29, 0.717) is 90.1 Å². The molecule has 3 aromatic heterocycles. The van der Waals surface area contributed by atoms with E-state index < -0.39 is 60.1 Å². The van der Waals surface area contributed by atoms with E-state index in [1.54, 1.807) is 50.7 Å². The maximum absolute atomic E-state index is 15.8. The van der Waals surface area contributed by atoms with Crippen LogP contribution in [0.2, 0.25) is 5.02 Å². The van der Waals surface area contributed by atoms with Crippen LogP contribution in [0.3, 0.4) is 0 Å². The van der Waals surface area contributed by atoms with E-state index in [1.165, 1.54) is 27.8 Å². The number of fused-ring (bicyclic) bond motifs is 4. The summed E-state index contributed by atoms with van der Waals surface area (Å²) in [7, 11) is 1.60. The molecule has 0 aliphatic carbocycles. The molecule has 0 unspecified atom stereocenters. The van der Waals surface area contributed by atoms with Crippen LogP contribution in [0.25, 0.3) is 55.3 Å². The van der Waals surface area contributed by atoms with Gasteiger partial charge in [0.05, 0.1) is 47.8 Å². The number of nitrogens with one attached hydrogen (secondary N) is 3. The zero-order chi connectivity index (χ0) is 56.1. The highest BCUT2D eigenvalue weighted by molar-refractivity contribution is 6.35. The third kappa shape index (κ3) is 10.4. The van der Waals surface area contributed by atoms with Gasteiger partial charge in [-0.3, -0.25) is 14.7 Å². The van der Waals surface area contributed by atoms with Crippen molar-refractivity contribution in [1.82, 2.24) is 50.7 Å². The quantitative estimate of drug-likeness (QED) is 0.0550. The van der Waals surface area contributed by atoms with Gasteiger partial charge in [0.25, 0.3) is 0 Å². The predicted octanol–water partition coefficient (Wildman–Crippen LogP) is 8.03. The lowest BCUT2D eigenvalue weighted by Gasteiger charge is -2.30. The number of carbonyl (C=O) groups is 2. The number of ether oxygens (including phenoxy) is 3. The first-order valence-corrected chi connectivity index (χ1v) is 26.9. The molecule has 0 spiro atoms. The van der Waals surface area contributed by atoms with Gasteiger partial charge in [-0.25, -0.2) is 17.9 Å². The van der Waals surface area contributed by atoms with Crippen LogP contribution in [0.15, 0.2) is 91.3 Å². The van der Waals surface area contributed by atoms with Crippen molar-refractivity contribution >= 4 is 51.0 Å². The molecule has 5 N–H and O–H groups in total. The largest absolute Gasteiger partial charge is 0.486 e. The lowest BCUT2D eigenvalue weighted by atomic mass is 9.94. The van der Waals surface area contributed by atoms with E-state index in [2.05, 4.69) is 36.0 Å². The molecule has 2 amide bonds. The first-order valence-electron chi connectivity index (χ1n) is 26.5. The molecule has 2 bridgehead atoms. The topological polar surface area (TPSA) is 218 Å². The number of methoxy groups -OCH3 is 1. The minimum Gasteiger partial charge on any atom is -0.486 e. The Morgan fingerprint density at radius 2 is 1.70 bits per heavy atom. The first-order chi connectivity index (χ1) is 38.6. The van der Waals surface area contributed by atoms with Crippen molar-refractivity contribution in [1.29, 1.82) is 0 Å². The van der Waals surface area contributed by atoms with Gasteiger partial charge in [-0.05, 0) is 66.6 Å². The number of aliphatic hydroxyl groups is 2. The molecule has 22 heteroatoms. The minimum absolute atomic E-state index is 0.0242. The molecule has 5 aromatic carbocycles. The van der Waals surface area contributed by atoms with Crippen molar-refractivity contribution in [3.63, 3.8) is 0 Å². The Bertz CT molecular complexity index is 3620. The van der Waals surface area contributed by atoms with E-state index in [4.69, 9.17) is 35.8 Å². The number of rotatable bonds is 18. The van der Waals surface area contributed by atoms with Crippen molar-refractivity contribution < 1.29 is 47.2 Å². The number of likely N-dealkylation sites (tertiary alicyclic amines) is 1. The maximum atomic E-state index is 15.8. The van der Waals surface area contributed by atoms with Crippen LogP contribution < -0.4 is 25.0 Å². The summed E-state index contributed by atoms with van der Waals surface area (Å²) in [6.07, 6.45) is 2.94. The van der Waals surface area contributed by atoms with E-state index in [9.17, 15) is 28.6 Å². The molecular formula is C58H59ClF3N11O7. The summed E-state index contributed by atoms with van der Waals surface area (Å²) in [5.74, 6) is -2.88. The summed E-state index contributed by atoms with van der Waals surface area (Å²) in [6, 6.07) is 18.5. The Morgan fingerprint density at radius 1 is 0.925 bits per heavy atom. The molecule has 416 valence electrons. The zero-order valence-electron chi connectivity index (χ0n) is 44.5. The number of hydrogen-bond donors (Lipinski definition) is 5. The van der Waals surface area contributed by atoms with E-state index in [0.717, 1.165) is 24.6 Å².